The van der Waals surface area contributed by atoms with E-state index in [2.05, 4.69) is 15.6 Å². The van der Waals surface area contributed by atoms with E-state index in [1.807, 2.05) is 37.3 Å². The number of fused-ring (bicyclic) bond motifs is 1. The lowest BCUT2D eigenvalue weighted by Crippen LogP contribution is -2.46. The molecule has 3 unspecified atom stereocenters. The van der Waals surface area contributed by atoms with Crippen LogP contribution in [-0.2, 0) is 11.4 Å². The summed E-state index contributed by atoms with van der Waals surface area (Å²) in [7, 11) is 1.54. The number of carbonyl (C=O) groups is 1. The Morgan fingerprint density at radius 1 is 1.04 bits per heavy atom. The van der Waals surface area contributed by atoms with Crippen molar-refractivity contribution in [1.82, 2.24) is 10.3 Å². The smallest absolute Gasteiger partial charge is 0.235 e. The van der Waals surface area contributed by atoms with Crippen molar-refractivity contribution in [2.45, 2.75) is 39.3 Å². The second-order valence-corrected chi connectivity index (χ2v) is 11.7. The SMILES string of the molecule is COc1cc2c(OC3=CC=C(NC(O)[C@]4(C(=O)Nc5ccc(F)cc5)C[C@H]4C)C(C)C3F)ccnc2cc1OCc1ccccc1. The molecule has 1 aromatic heterocycles. The molecule has 2 aliphatic rings. The molecule has 8 nitrogen and oxygen atoms in total. The average Bonchev–Trinajstić information content (AvgIpc) is 3.76. The number of aromatic nitrogens is 1. The van der Waals surface area contributed by atoms with Gasteiger partial charge in [-0.25, -0.2) is 8.78 Å². The van der Waals surface area contributed by atoms with Crippen molar-refractivity contribution in [3.63, 3.8) is 0 Å². The van der Waals surface area contributed by atoms with Crippen molar-refractivity contribution >= 4 is 22.5 Å². The third-order valence-corrected chi connectivity index (χ3v) is 8.76. The van der Waals surface area contributed by atoms with E-state index in [1.54, 1.807) is 44.5 Å². The number of allylic oxidation sites excluding steroid dienone is 4. The number of pyridine rings is 1. The minimum Gasteiger partial charge on any atom is -0.493 e. The van der Waals surface area contributed by atoms with Gasteiger partial charge < -0.3 is 30.0 Å². The highest BCUT2D eigenvalue weighted by Crippen LogP contribution is 2.55. The molecule has 2 aliphatic carbocycles. The van der Waals surface area contributed by atoms with Gasteiger partial charge in [0.15, 0.2) is 17.7 Å². The molecule has 238 valence electrons. The van der Waals surface area contributed by atoms with Gasteiger partial charge in [-0.1, -0.05) is 44.2 Å². The molecule has 1 fully saturated rings. The lowest BCUT2D eigenvalue weighted by Gasteiger charge is -2.31. The Morgan fingerprint density at radius 3 is 2.48 bits per heavy atom. The standard InChI is InChI=1S/C36H35F2N3O5/c1-21-19-36(21,34(42)40-25-11-9-24(37)10-12-25)35(43)41-27-13-14-30(33(38)22(27)2)46-29-15-16-39-28-18-32(31(44-3)17-26(28)29)45-20-23-7-5-4-6-8-23/h4-18,21-22,33,35,41,43H,19-20H2,1-3H3,(H,40,42)/t21-,22?,33?,35?,36-/m1/s1. The number of ether oxygens (including phenoxy) is 3. The highest BCUT2D eigenvalue weighted by molar-refractivity contribution is 5.98. The molecule has 1 saturated carbocycles. The molecule has 10 heteroatoms. The van der Waals surface area contributed by atoms with Crippen LogP contribution in [0.4, 0.5) is 14.5 Å². The van der Waals surface area contributed by atoms with Crippen LogP contribution in [0, 0.1) is 23.1 Å². The number of nitrogens with one attached hydrogen (secondary N) is 2. The Labute approximate surface area is 265 Å². The van der Waals surface area contributed by atoms with Gasteiger partial charge >= 0.3 is 0 Å². The minimum absolute atomic E-state index is 0.0898. The average molecular weight is 628 g/mol. The number of methoxy groups -OCH3 is 1. The zero-order valence-corrected chi connectivity index (χ0v) is 25.7. The molecule has 46 heavy (non-hydrogen) atoms. The number of rotatable bonds is 11. The number of amides is 1. The number of carbonyl (C=O) groups excluding carboxylic acids is 1. The maximum Gasteiger partial charge on any atom is 0.235 e. The Kier molecular flexibility index (Phi) is 8.64. The van der Waals surface area contributed by atoms with Gasteiger partial charge in [-0.3, -0.25) is 9.78 Å². The van der Waals surface area contributed by atoms with E-state index >= 15 is 4.39 Å². The van der Waals surface area contributed by atoms with Crippen molar-refractivity contribution in [3.8, 4) is 17.2 Å². The number of anilines is 1. The summed E-state index contributed by atoms with van der Waals surface area (Å²) in [5.41, 5.74) is 1.34. The van der Waals surface area contributed by atoms with Gasteiger partial charge in [-0.15, -0.1) is 0 Å². The van der Waals surface area contributed by atoms with Crippen molar-refractivity contribution in [1.29, 1.82) is 0 Å². The van der Waals surface area contributed by atoms with Gasteiger partial charge in [-0.2, -0.15) is 0 Å². The summed E-state index contributed by atoms with van der Waals surface area (Å²) in [6.45, 7) is 3.89. The number of benzene rings is 3. The molecule has 3 aromatic carbocycles. The maximum atomic E-state index is 15.8. The largest absolute Gasteiger partial charge is 0.493 e. The van der Waals surface area contributed by atoms with Gasteiger partial charge in [0, 0.05) is 35.0 Å². The van der Waals surface area contributed by atoms with Gasteiger partial charge in [-0.05, 0) is 66.5 Å². The van der Waals surface area contributed by atoms with E-state index in [-0.39, 0.29) is 17.6 Å². The van der Waals surface area contributed by atoms with Crippen LogP contribution in [0.5, 0.6) is 17.2 Å². The van der Waals surface area contributed by atoms with E-state index in [9.17, 15) is 14.3 Å². The van der Waals surface area contributed by atoms with Crippen molar-refractivity contribution < 1.29 is 32.9 Å². The van der Waals surface area contributed by atoms with E-state index in [0.29, 0.717) is 52.6 Å². The molecule has 0 aliphatic heterocycles. The lowest BCUT2D eigenvalue weighted by molar-refractivity contribution is -0.126. The Bertz CT molecular complexity index is 1800. The monoisotopic (exact) mass is 627 g/mol. The number of hydrogen-bond acceptors (Lipinski definition) is 7. The maximum absolute atomic E-state index is 15.8. The predicted octanol–water partition coefficient (Wildman–Crippen LogP) is 6.67. The summed E-state index contributed by atoms with van der Waals surface area (Å²) in [6.07, 6.45) is 2.38. The van der Waals surface area contributed by atoms with Crippen LogP contribution in [0.2, 0.25) is 0 Å². The minimum atomic E-state index is -1.54. The predicted molar refractivity (Wildman–Crippen MR) is 170 cm³/mol. The second kappa shape index (κ2) is 12.8. The van der Waals surface area contributed by atoms with Gasteiger partial charge in [0.2, 0.25) is 5.91 Å². The first kappa shape index (κ1) is 31.0. The first-order valence-corrected chi connectivity index (χ1v) is 15.1. The molecule has 0 bridgehead atoms. The zero-order valence-electron chi connectivity index (χ0n) is 25.7. The second-order valence-electron chi connectivity index (χ2n) is 11.7. The molecular formula is C36H35F2N3O5. The van der Waals surface area contributed by atoms with Gasteiger partial charge in [0.1, 0.15) is 30.2 Å². The number of halogens is 2. The number of aliphatic hydroxyl groups is 1. The number of hydrogen-bond donors (Lipinski definition) is 3. The topological polar surface area (TPSA) is 102 Å². The van der Waals surface area contributed by atoms with Crippen LogP contribution in [0.1, 0.15) is 25.8 Å². The third-order valence-electron chi connectivity index (χ3n) is 8.76. The fourth-order valence-electron chi connectivity index (χ4n) is 5.78. The van der Waals surface area contributed by atoms with Crippen molar-refractivity contribution in [3.05, 3.63) is 114 Å². The zero-order chi connectivity index (χ0) is 32.4. The van der Waals surface area contributed by atoms with Crippen molar-refractivity contribution in [2.24, 2.45) is 17.3 Å². The molecule has 6 rings (SSSR count). The normalized spacial score (nSPS) is 22.7. The first-order chi connectivity index (χ1) is 22.2. The summed E-state index contributed by atoms with van der Waals surface area (Å²) < 4.78 is 46.9. The quantitative estimate of drug-likeness (QED) is 0.160. The van der Waals surface area contributed by atoms with Crippen LogP contribution in [-0.4, -0.2) is 35.5 Å². The number of nitrogens with zero attached hydrogens (tertiary/aromatic N) is 1. The highest BCUT2D eigenvalue weighted by Gasteiger charge is 2.62. The van der Waals surface area contributed by atoms with E-state index in [4.69, 9.17) is 14.2 Å². The Balaban J connectivity index is 1.18. The summed E-state index contributed by atoms with van der Waals surface area (Å²) in [5.74, 6) is -0.146. The fraction of sp³-hybridized carbons (Fsp3) is 0.278. The Hall–Kier alpha value is -4.96. The third kappa shape index (κ3) is 6.12. The van der Waals surface area contributed by atoms with Crippen LogP contribution >= 0.6 is 0 Å². The summed E-state index contributed by atoms with van der Waals surface area (Å²) in [6, 6.07) is 20.4. The molecule has 5 atom stereocenters. The molecule has 1 amide bonds. The Morgan fingerprint density at radius 2 is 1.78 bits per heavy atom. The van der Waals surface area contributed by atoms with E-state index < -0.39 is 29.5 Å². The highest BCUT2D eigenvalue weighted by atomic mass is 19.1. The summed E-state index contributed by atoms with van der Waals surface area (Å²) >= 11 is 0. The first-order valence-electron chi connectivity index (χ1n) is 15.1. The molecule has 0 spiro atoms. The number of alkyl halides is 1. The van der Waals surface area contributed by atoms with Crippen LogP contribution in [0.3, 0.4) is 0 Å². The summed E-state index contributed by atoms with van der Waals surface area (Å²) in [4.78, 5) is 17.7. The molecule has 1 heterocycles. The van der Waals surface area contributed by atoms with Crippen LogP contribution in [0.15, 0.2) is 103 Å². The fourth-order valence-corrected chi connectivity index (χ4v) is 5.78. The molecule has 0 saturated heterocycles. The van der Waals surface area contributed by atoms with Crippen LogP contribution in [0.25, 0.3) is 10.9 Å². The molecule has 3 N–H and O–H groups in total. The summed E-state index contributed by atoms with van der Waals surface area (Å²) in [5, 5.41) is 17.5. The van der Waals surface area contributed by atoms with Crippen molar-refractivity contribution in [2.75, 3.05) is 12.4 Å². The molecule has 4 aromatic rings. The number of aliphatic hydroxyl groups excluding tert-OH is 1. The lowest BCUT2D eigenvalue weighted by atomic mass is 9.93. The van der Waals surface area contributed by atoms with Gasteiger partial charge in [0.25, 0.3) is 0 Å². The van der Waals surface area contributed by atoms with E-state index in [0.717, 1.165) is 5.56 Å². The molecular weight excluding hydrogens is 592 g/mol. The van der Waals surface area contributed by atoms with Crippen LogP contribution < -0.4 is 24.8 Å². The van der Waals surface area contributed by atoms with E-state index in [1.165, 1.54) is 30.3 Å². The van der Waals surface area contributed by atoms with Gasteiger partial charge in [0.05, 0.1) is 18.0 Å². The molecule has 0 radical (unpaired) electrons.